The molecule has 4 aromatic carbocycles. The van der Waals surface area contributed by atoms with Crippen molar-refractivity contribution in [2.75, 3.05) is 12.0 Å². The lowest BCUT2D eigenvalue weighted by Crippen LogP contribution is -2.54. The Bertz CT molecular complexity index is 1710. The number of urea groups is 1. The molecule has 8 nitrogen and oxygen atoms in total. The summed E-state index contributed by atoms with van der Waals surface area (Å²) in [4.78, 5) is 39.8. The summed E-state index contributed by atoms with van der Waals surface area (Å²) in [5.41, 5.74) is 2.59. The molecule has 11 heteroatoms. The van der Waals surface area contributed by atoms with Gasteiger partial charge in [-0.05, 0) is 106 Å². The van der Waals surface area contributed by atoms with Gasteiger partial charge in [-0.1, -0.05) is 56.1 Å². The lowest BCUT2D eigenvalue weighted by Gasteiger charge is -2.26. The summed E-state index contributed by atoms with van der Waals surface area (Å²) >= 11 is 8.94. The highest BCUT2D eigenvalue weighted by molar-refractivity contribution is 14.1. The van der Waals surface area contributed by atoms with Crippen LogP contribution in [0.3, 0.4) is 0 Å². The molecule has 0 spiro atoms. The second-order valence-electron chi connectivity index (χ2n) is 9.32. The zero-order chi connectivity index (χ0) is 30.5. The van der Waals surface area contributed by atoms with E-state index in [1.807, 2.05) is 48.5 Å². The molecule has 1 fully saturated rings. The second kappa shape index (κ2) is 13.7. The third-order valence-electron chi connectivity index (χ3n) is 6.37. The Labute approximate surface area is 278 Å². The summed E-state index contributed by atoms with van der Waals surface area (Å²) in [5, 5.41) is 2.25. The number of rotatable bonds is 9. The van der Waals surface area contributed by atoms with Crippen molar-refractivity contribution in [1.82, 2.24) is 5.32 Å². The fraction of sp³-hybridized carbons (Fsp3) is 0.0938. The molecule has 0 aromatic heterocycles. The highest BCUT2D eigenvalue weighted by Gasteiger charge is 2.37. The van der Waals surface area contributed by atoms with Crippen LogP contribution in [0.1, 0.15) is 16.7 Å². The lowest BCUT2D eigenvalue weighted by molar-refractivity contribution is -0.122. The van der Waals surface area contributed by atoms with E-state index in [2.05, 4.69) is 59.8 Å². The first-order valence-electron chi connectivity index (χ1n) is 12.9. The van der Waals surface area contributed by atoms with Crippen LogP contribution in [0.4, 0.5) is 10.5 Å². The third-order valence-corrected chi connectivity index (χ3v) is 8.23. The van der Waals surface area contributed by atoms with Crippen molar-refractivity contribution >= 4 is 84.1 Å². The summed E-state index contributed by atoms with van der Waals surface area (Å²) in [7, 11) is 1.51. The summed E-state index contributed by atoms with van der Waals surface area (Å²) in [6.07, 6.45) is 1.43. The molecule has 0 aliphatic carbocycles. The van der Waals surface area contributed by atoms with E-state index in [9.17, 15) is 14.4 Å². The van der Waals surface area contributed by atoms with Gasteiger partial charge in [0.05, 0.1) is 16.4 Å². The smallest absolute Gasteiger partial charge is 0.335 e. The van der Waals surface area contributed by atoms with Gasteiger partial charge < -0.3 is 14.2 Å². The van der Waals surface area contributed by atoms with Gasteiger partial charge >= 0.3 is 6.03 Å². The Morgan fingerprint density at radius 3 is 1.98 bits per heavy atom. The Morgan fingerprint density at radius 1 is 0.814 bits per heavy atom. The van der Waals surface area contributed by atoms with E-state index in [1.165, 1.54) is 13.2 Å². The van der Waals surface area contributed by atoms with Crippen LogP contribution in [0.5, 0.6) is 17.2 Å². The topological polar surface area (TPSA) is 94.2 Å². The van der Waals surface area contributed by atoms with Crippen LogP contribution in [0.25, 0.3) is 6.08 Å². The molecule has 0 bridgehead atoms. The van der Waals surface area contributed by atoms with E-state index in [0.29, 0.717) is 41.7 Å². The molecule has 4 amide bonds. The zero-order valence-corrected chi connectivity index (χ0v) is 27.9. The van der Waals surface area contributed by atoms with Crippen LogP contribution in [-0.4, -0.2) is 25.0 Å². The SMILES string of the molecule is COc1cc(/C=C2\C(=O)NC(=O)N(c3ccc(OCc4ccc(Br)cc4)cc3)C2=O)cc(I)c1OCc1ccc(Br)cc1. The van der Waals surface area contributed by atoms with Gasteiger partial charge in [0.25, 0.3) is 11.8 Å². The Balaban J connectivity index is 1.33. The van der Waals surface area contributed by atoms with Crippen molar-refractivity contribution in [3.8, 4) is 17.2 Å². The van der Waals surface area contributed by atoms with Gasteiger partial charge in [-0.25, -0.2) is 9.69 Å². The van der Waals surface area contributed by atoms with Crippen molar-refractivity contribution in [3.05, 3.63) is 120 Å². The van der Waals surface area contributed by atoms with Crippen LogP contribution in [0, 0.1) is 3.57 Å². The molecular formula is C32H23Br2IN2O6. The number of benzene rings is 4. The first kappa shape index (κ1) is 30.8. The first-order chi connectivity index (χ1) is 20.7. The standard InChI is InChI=1S/C32H23Br2IN2O6/c1-41-28-16-21(15-27(35)29(28)43-18-20-4-8-23(34)9-5-20)14-26-30(38)36-32(40)37(31(26)39)24-10-12-25(13-11-24)42-17-19-2-6-22(33)7-3-19/h2-16H,17-18H2,1H3,(H,36,38,40)/b26-14+. The number of anilines is 1. The van der Waals surface area contributed by atoms with Crippen molar-refractivity contribution in [3.63, 3.8) is 0 Å². The summed E-state index contributed by atoms with van der Waals surface area (Å²) < 4.78 is 20.1. The van der Waals surface area contributed by atoms with Gasteiger partial charge in [0.15, 0.2) is 11.5 Å². The number of hydrogen-bond acceptors (Lipinski definition) is 6. The van der Waals surface area contributed by atoms with Crippen LogP contribution in [-0.2, 0) is 22.8 Å². The minimum atomic E-state index is -0.834. The molecule has 0 radical (unpaired) electrons. The Morgan fingerprint density at radius 2 is 1.40 bits per heavy atom. The maximum Gasteiger partial charge on any atom is 0.335 e. The largest absolute Gasteiger partial charge is 0.493 e. The lowest BCUT2D eigenvalue weighted by atomic mass is 10.1. The molecule has 0 unspecified atom stereocenters. The summed E-state index contributed by atoms with van der Waals surface area (Å²) in [6.45, 7) is 0.680. The van der Waals surface area contributed by atoms with Crippen LogP contribution in [0.2, 0.25) is 0 Å². The number of carbonyl (C=O) groups is 3. The Hall–Kier alpha value is -3.68. The van der Waals surface area contributed by atoms with E-state index >= 15 is 0 Å². The molecule has 0 atom stereocenters. The Kier molecular flexibility index (Phi) is 9.83. The average molecular weight is 818 g/mol. The molecule has 1 heterocycles. The molecule has 0 saturated carbocycles. The van der Waals surface area contributed by atoms with E-state index < -0.39 is 17.8 Å². The highest BCUT2D eigenvalue weighted by atomic mass is 127. The number of halogens is 3. The number of barbiturate groups is 1. The van der Waals surface area contributed by atoms with E-state index in [-0.39, 0.29) is 5.57 Å². The predicted molar refractivity (Wildman–Crippen MR) is 178 cm³/mol. The van der Waals surface area contributed by atoms with Crippen LogP contribution < -0.4 is 24.4 Å². The average Bonchev–Trinajstić information content (AvgIpc) is 2.99. The molecule has 5 rings (SSSR count). The van der Waals surface area contributed by atoms with Gasteiger partial charge in [0.2, 0.25) is 0 Å². The third kappa shape index (κ3) is 7.46. The maximum absolute atomic E-state index is 13.4. The molecule has 4 aromatic rings. The van der Waals surface area contributed by atoms with Gasteiger partial charge in [0, 0.05) is 8.95 Å². The quantitative estimate of drug-likeness (QED) is 0.106. The second-order valence-corrected chi connectivity index (χ2v) is 12.3. The fourth-order valence-electron chi connectivity index (χ4n) is 4.20. The van der Waals surface area contributed by atoms with Gasteiger partial charge in [-0.15, -0.1) is 0 Å². The number of hydrogen-bond donors (Lipinski definition) is 1. The number of nitrogens with one attached hydrogen (secondary N) is 1. The van der Waals surface area contributed by atoms with E-state index in [1.54, 1.807) is 36.4 Å². The molecule has 1 N–H and O–H groups in total. The number of amides is 4. The minimum Gasteiger partial charge on any atom is -0.493 e. The summed E-state index contributed by atoms with van der Waals surface area (Å²) in [5.74, 6) is -0.00224. The molecule has 43 heavy (non-hydrogen) atoms. The summed E-state index contributed by atoms with van der Waals surface area (Å²) in [6, 6.07) is 24.6. The fourth-order valence-corrected chi connectivity index (χ4v) is 5.51. The van der Waals surface area contributed by atoms with Gasteiger partial charge in [0.1, 0.15) is 24.5 Å². The number of carbonyl (C=O) groups excluding carboxylic acids is 3. The maximum atomic E-state index is 13.4. The van der Waals surface area contributed by atoms with Crippen molar-refractivity contribution < 1.29 is 28.6 Å². The van der Waals surface area contributed by atoms with E-state index in [0.717, 1.165) is 28.5 Å². The number of imide groups is 2. The first-order valence-corrected chi connectivity index (χ1v) is 15.5. The predicted octanol–water partition coefficient (Wildman–Crippen LogP) is 7.65. The van der Waals surface area contributed by atoms with Gasteiger partial charge in [-0.3, -0.25) is 14.9 Å². The van der Waals surface area contributed by atoms with Crippen LogP contribution >= 0.6 is 54.5 Å². The van der Waals surface area contributed by atoms with Crippen LogP contribution in [0.15, 0.2) is 99.4 Å². The molecule has 1 aliphatic heterocycles. The number of methoxy groups -OCH3 is 1. The normalized spacial score (nSPS) is 14.1. The van der Waals surface area contributed by atoms with Crippen molar-refractivity contribution in [2.24, 2.45) is 0 Å². The van der Waals surface area contributed by atoms with E-state index in [4.69, 9.17) is 14.2 Å². The molecule has 218 valence electrons. The van der Waals surface area contributed by atoms with Crippen molar-refractivity contribution in [2.45, 2.75) is 13.2 Å². The van der Waals surface area contributed by atoms with Gasteiger partial charge in [-0.2, -0.15) is 0 Å². The van der Waals surface area contributed by atoms with Crippen molar-refractivity contribution in [1.29, 1.82) is 0 Å². The minimum absolute atomic E-state index is 0.198. The molecular weight excluding hydrogens is 795 g/mol. The zero-order valence-electron chi connectivity index (χ0n) is 22.6. The molecule has 1 saturated heterocycles. The monoisotopic (exact) mass is 816 g/mol. The highest BCUT2D eigenvalue weighted by Crippen LogP contribution is 2.36. The molecule has 1 aliphatic rings. The number of ether oxygens (including phenoxy) is 3. The number of nitrogens with zero attached hydrogens (tertiary/aromatic N) is 1.